The quantitative estimate of drug-likeness (QED) is 0.862. The Morgan fingerprint density at radius 2 is 1.76 bits per heavy atom. The summed E-state index contributed by atoms with van der Waals surface area (Å²) in [4.78, 5) is 11.7. The Balaban J connectivity index is 1.95. The number of benzene rings is 1. The van der Waals surface area contributed by atoms with E-state index < -0.39 is 16.1 Å². The molecular formula is C14H17ClN2O3S. The van der Waals surface area contributed by atoms with Crippen molar-refractivity contribution in [3.05, 3.63) is 40.9 Å². The summed E-state index contributed by atoms with van der Waals surface area (Å²) in [6.07, 6.45) is 5.42. The van der Waals surface area contributed by atoms with E-state index in [-0.39, 0.29) is 0 Å². The molecule has 1 saturated heterocycles. The van der Waals surface area contributed by atoms with Gasteiger partial charge in [-0.15, -0.1) is 0 Å². The predicted octanol–water partition coefficient (Wildman–Crippen LogP) is 2.20. The molecule has 1 aromatic rings. The van der Waals surface area contributed by atoms with Crippen LogP contribution in [0.4, 0.5) is 0 Å². The molecule has 0 atom stereocenters. The van der Waals surface area contributed by atoms with Crippen LogP contribution < -0.4 is 4.72 Å². The van der Waals surface area contributed by atoms with Crippen molar-refractivity contribution in [2.75, 3.05) is 13.1 Å². The number of carbonyl (C=O) groups is 1. The first kappa shape index (κ1) is 16.0. The van der Waals surface area contributed by atoms with Gasteiger partial charge in [-0.05, 0) is 36.6 Å². The predicted molar refractivity (Wildman–Crippen MR) is 83.0 cm³/mol. The average molecular weight is 329 g/mol. The molecule has 1 heterocycles. The minimum atomic E-state index is -3.73. The first-order valence-corrected chi connectivity index (χ1v) is 8.55. The van der Waals surface area contributed by atoms with Gasteiger partial charge in [0.1, 0.15) is 0 Å². The first-order valence-electron chi connectivity index (χ1n) is 6.73. The Kier molecular flexibility index (Phi) is 5.39. The number of nitrogens with one attached hydrogen (secondary N) is 1. The van der Waals surface area contributed by atoms with E-state index in [1.165, 1.54) is 16.5 Å². The maximum absolute atomic E-state index is 12.0. The van der Waals surface area contributed by atoms with Gasteiger partial charge in [0.25, 0.3) is 5.91 Å². The largest absolute Gasteiger partial charge is 0.304 e. The van der Waals surface area contributed by atoms with E-state index in [9.17, 15) is 13.2 Å². The van der Waals surface area contributed by atoms with E-state index in [0.29, 0.717) is 18.1 Å². The number of carbonyl (C=O) groups excluding carboxylic acids is 1. The SMILES string of the molecule is O=C(C=Cc1ccc(Cl)cc1)NS(=O)(=O)N1CCCCC1. The molecule has 0 unspecified atom stereocenters. The molecule has 0 aliphatic carbocycles. The summed E-state index contributed by atoms with van der Waals surface area (Å²) in [7, 11) is -3.73. The molecule has 0 aromatic heterocycles. The summed E-state index contributed by atoms with van der Waals surface area (Å²) in [5.74, 6) is -0.657. The Morgan fingerprint density at radius 1 is 1.14 bits per heavy atom. The molecule has 2 rings (SSSR count). The molecule has 0 bridgehead atoms. The molecule has 1 aromatic carbocycles. The molecule has 114 valence electrons. The van der Waals surface area contributed by atoms with E-state index in [0.717, 1.165) is 24.8 Å². The molecule has 1 amide bonds. The molecule has 5 nitrogen and oxygen atoms in total. The highest BCUT2D eigenvalue weighted by molar-refractivity contribution is 7.87. The van der Waals surface area contributed by atoms with E-state index >= 15 is 0 Å². The van der Waals surface area contributed by atoms with Gasteiger partial charge in [0, 0.05) is 24.2 Å². The number of rotatable bonds is 4. The fourth-order valence-electron chi connectivity index (χ4n) is 2.08. The van der Waals surface area contributed by atoms with Crippen LogP contribution >= 0.6 is 11.6 Å². The zero-order valence-corrected chi connectivity index (χ0v) is 13.0. The second-order valence-electron chi connectivity index (χ2n) is 4.82. The van der Waals surface area contributed by atoms with Crippen molar-refractivity contribution < 1.29 is 13.2 Å². The van der Waals surface area contributed by atoms with E-state index in [2.05, 4.69) is 4.72 Å². The summed E-state index contributed by atoms with van der Waals surface area (Å²) in [5.41, 5.74) is 0.768. The number of hydrogen-bond acceptors (Lipinski definition) is 3. The second kappa shape index (κ2) is 7.06. The minimum Gasteiger partial charge on any atom is -0.269 e. The number of halogens is 1. The molecule has 21 heavy (non-hydrogen) atoms. The zero-order chi connectivity index (χ0) is 15.3. The minimum absolute atomic E-state index is 0.462. The average Bonchev–Trinajstić information content (AvgIpc) is 2.47. The lowest BCUT2D eigenvalue weighted by molar-refractivity contribution is -0.114. The molecule has 1 aliphatic rings. The van der Waals surface area contributed by atoms with E-state index in [1.807, 2.05) is 0 Å². The number of amides is 1. The molecule has 0 spiro atoms. The highest BCUT2D eigenvalue weighted by Crippen LogP contribution is 2.12. The fourth-order valence-corrected chi connectivity index (χ4v) is 3.39. The van der Waals surface area contributed by atoms with Gasteiger partial charge >= 0.3 is 10.2 Å². The Hall–Kier alpha value is -1.37. The first-order chi connectivity index (χ1) is 9.97. The Labute approximate surface area is 129 Å². The van der Waals surface area contributed by atoms with Crippen LogP contribution in [0, 0.1) is 0 Å². The summed E-state index contributed by atoms with van der Waals surface area (Å²) >= 11 is 5.76. The van der Waals surface area contributed by atoms with Crippen LogP contribution in [0.2, 0.25) is 5.02 Å². The van der Waals surface area contributed by atoms with Gasteiger partial charge in [0.05, 0.1) is 0 Å². The maximum Gasteiger partial charge on any atom is 0.304 e. The van der Waals surface area contributed by atoms with Crippen molar-refractivity contribution in [2.24, 2.45) is 0 Å². The van der Waals surface area contributed by atoms with Crippen molar-refractivity contribution >= 4 is 33.8 Å². The zero-order valence-electron chi connectivity index (χ0n) is 11.5. The summed E-state index contributed by atoms with van der Waals surface area (Å²) in [5, 5.41) is 0.601. The van der Waals surface area contributed by atoms with Crippen LogP contribution in [-0.2, 0) is 15.0 Å². The van der Waals surface area contributed by atoms with Gasteiger partial charge in [0.2, 0.25) is 0 Å². The second-order valence-corrected chi connectivity index (χ2v) is 6.92. The summed E-state index contributed by atoms with van der Waals surface area (Å²) in [6, 6.07) is 6.88. The smallest absolute Gasteiger partial charge is 0.269 e. The Morgan fingerprint density at radius 3 is 2.38 bits per heavy atom. The lowest BCUT2D eigenvalue weighted by Crippen LogP contribution is -2.45. The van der Waals surface area contributed by atoms with Gasteiger partial charge in [-0.1, -0.05) is 30.2 Å². The number of hydrogen-bond donors (Lipinski definition) is 1. The van der Waals surface area contributed by atoms with Crippen molar-refractivity contribution in [1.82, 2.24) is 9.03 Å². The Bertz CT molecular complexity index is 620. The van der Waals surface area contributed by atoms with Crippen LogP contribution in [0.5, 0.6) is 0 Å². The van der Waals surface area contributed by atoms with Crippen LogP contribution in [0.15, 0.2) is 30.3 Å². The third-order valence-electron chi connectivity index (χ3n) is 3.18. The van der Waals surface area contributed by atoms with Crippen LogP contribution in [0.1, 0.15) is 24.8 Å². The van der Waals surface area contributed by atoms with Crippen molar-refractivity contribution in [3.8, 4) is 0 Å². The van der Waals surface area contributed by atoms with Gasteiger partial charge in [0.15, 0.2) is 0 Å². The molecule has 0 radical (unpaired) electrons. The monoisotopic (exact) mass is 328 g/mol. The van der Waals surface area contributed by atoms with Gasteiger partial charge < -0.3 is 0 Å². The standard InChI is InChI=1S/C14H17ClN2O3S/c15-13-7-4-12(5-8-13)6-9-14(18)16-21(19,20)17-10-2-1-3-11-17/h4-9H,1-3,10-11H2,(H,16,18). The third-order valence-corrected chi connectivity index (χ3v) is 4.94. The van der Waals surface area contributed by atoms with Crippen molar-refractivity contribution in [2.45, 2.75) is 19.3 Å². The van der Waals surface area contributed by atoms with Crippen molar-refractivity contribution in [3.63, 3.8) is 0 Å². The summed E-state index contributed by atoms with van der Waals surface area (Å²) in [6.45, 7) is 0.924. The normalized spacial score (nSPS) is 17.0. The van der Waals surface area contributed by atoms with Crippen LogP contribution in [0.3, 0.4) is 0 Å². The summed E-state index contributed by atoms with van der Waals surface area (Å²) < 4.78 is 27.4. The fraction of sp³-hybridized carbons (Fsp3) is 0.357. The van der Waals surface area contributed by atoms with E-state index in [4.69, 9.17) is 11.6 Å². The molecule has 1 N–H and O–H groups in total. The topological polar surface area (TPSA) is 66.5 Å². The van der Waals surface area contributed by atoms with Gasteiger partial charge in [-0.2, -0.15) is 12.7 Å². The molecule has 0 saturated carbocycles. The van der Waals surface area contributed by atoms with E-state index in [1.54, 1.807) is 24.3 Å². The number of piperidine rings is 1. The molecule has 7 heteroatoms. The third kappa shape index (κ3) is 4.84. The lowest BCUT2D eigenvalue weighted by Gasteiger charge is -2.25. The van der Waals surface area contributed by atoms with Crippen LogP contribution in [-0.4, -0.2) is 31.7 Å². The van der Waals surface area contributed by atoms with Crippen LogP contribution in [0.25, 0.3) is 6.08 Å². The highest BCUT2D eigenvalue weighted by Gasteiger charge is 2.24. The molecule has 1 fully saturated rings. The molecule has 1 aliphatic heterocycles. The number of nitrogens with zero attached hydrogens (tertiary/aromatic N) is 1. The van der Waals surface area contributed by atoms with Crippen molar-refractivity contribution in [1.29, 1.82) is 0 Å². The lowest BCUT2D eigenvalue weighted by atomic mass is 10.2. The highest BCUT2D eigenvalue weighted by atomic mass is 35.5. The maximum atomic E-state index is 12.0. The molecular weight excluding hydrogens is 312 g/mol. The van der Waals surface area contributed by atoms with Gasteiger partial charge in [-0.3, -0.25) is 4.79 Å². The van der Waals surface area contributed by atoms with Gasteiger partial charge in [-0.25, -0.2) is 4.72 Å².